The van der Waals surface area contributed by atoms with Crippen LogP contribution in [0.5, 0.6) is 23.0 Å². The molecule has 0 saturated carbocycles. The summed E-state index contributed by atoms with van der Waals surface area (Å²) in [6, 6.07) is 15.9. The van der Waals surface area contributed by atoms with Crippen LogP contribution >= 0.6 is 45.5 Å². The first kappa shape index (κ1) is 35.5. The maximum absolute atomic E-state index is 14.2. The van der Waals surface area contributed by atoms with Gasteiger partial charge in [-0.05, 0) is 116 Å². The van der Waals surface area contributed by atoms with Crippen LogP contribution in [0.4, 0.5) is 0 Å². The number of carbonyl (C=O) groups excluding carboxylic acids is 1. The van der Waals surface area contributed by atoms with E-state index in [0.29, 0.717) is 61.8 Å². The number of thiazole rings is 1. The van der Waals surface area contributed by atoms with Gasteiger partial charge in [0.2, 0.25) is 0 Å². The van der Waals surface area contributed by atoms with Gasteiger partial charge in [-0.15, -0.1) is 0 Å². The molecule has 0 aliphatic carbocycles. The number of rotatable bonds is 12. The Morgan fingerprint density at radius 2 is 1.79 bits per heavy atom. The molecule has 0 N–H and O–H groups in total. The number of fused-ring (bicyclic) bond motifs is 1. The average molecular weight is 803 g/mol. The molecule has 12 heteroatoms. The van der Waals surface area contributed by atoms with E-state index >= 15 is 0 Å². The van der Waals surface area contributed by atoms with Gasteiger partial charge in [-0.2, -0.15) is 0 Å². The second kappa shape index (κ2) is 15.6. The van der Waals surface area contributed by atoms with Crippen molar-refractivity contribution in [3.8, 4) is 23.0 Å². The van der Waals surface area contributed by atoms with E-state index in [4.69, 9.17) is 40.3 Å². The highest BCUT2D eigenvalue weighted by atomic mass is 127. The number of hydrogen-bond donors (Lipinski definition) is 0. The maximum atomic E-state index is 14.2. The number of carbonyl (C=O) groups is 1. The van der Waals surface area contributed by atoms with Gasteiger partial charge in [-0.3, -0.25) is 9.36 Å². The largest absolute Gasteiger partial charge is 0.493 e. The number of ether oxygens (including phenoxy) is 5. The van der Waals surface area contributed by atoms with Crippen LogP contribution in [-0.2, 0) is 16.1 Å². The monoisotopic (exact) mass is 802 g/mol. The molecular weight excluding hydrogens is 767 g/mol. The van der Waals surface area contributed by atoms with Crippen LogP contribution in [-0.4, -0.2) is 37.0 Å². The highest BCUT2D eigenvalue weighted by Crippen LogP contribution is 2.37. The first-order valence-electron chi connectivity index (χ1n) is 15.4. The first-order valence-corrected chi connectivity index (χ1v) is 17.7. The summed E-state index contributed by atoms with van der Waals surface area (Å²) in [6.45, 7) is 10.2. The van der Waals surface area contributed by atoms with Crippen molar-refractivity contribution in [2.75, 3.05) is 20.3 Å². The molecule has 0 bridgehead atoms. The minimum Gasteiger partial charge on any atom is -0.493 e. The molecule has 0 amide bonds. The Balaban J connectivity index is 1.60. The average Bonchev–Trinajstić information content (AvgIpc) is 3.34. The fraction of sp³-hybridized carbons (Fsp3) is 0.306. The Morgan fingerprint density at radius 3 is 2.46 bits per heavy atom. The van der Waals surface area contributed by atoms with E-state index in [2.05, 4.69) is 22.6 Å². The van der Waals surface area contributed by atoms with Crippen LogP contribution in [0.3, 0.4) is 0 Å². The van der Waals surface area contributed by atoms with Gasteiger partial charge in [0.1, 0.15) is 6.61 Å². The molecule has 1 aromatic heterocycles. The van der Waals surface area contributed by atoms with Gasteiger partial charge in [0, 0.05) is 5.02 Å². The molecular formula is C36H36ClIN2O7S. The number of aromatic nitrogens is 1. The van der Waals surface area contributed by atoms with E-state index in [1.165, 1.54) is 11.3 Å². The van der Waals surface area contributed by atoms with Gasteiger partial charge >= 0.3 is 5.97 Å². The molecule has 0 saturated heterocycles. The van der Waals surface area contributed by atoms with Crippen molar-refractivity contribution >= 4 is 57.6 Å². The topological polar surface area (TPSA) is 97.6 Å². The van der Waals surface area contributed by atoms with Gasteiger partial charge in [0.25, 0.3) is 5.56 Å². The summed E-state index contributed by atoms with van der Waals surface area (Å²) in [5.41, 5.74) is 2.84. The molecule has 0 spiro atoms. The first-order chi connectivity index (χ1) is 23.0. The number of nitrogens with zero attached hydrogens (tertiary/aromatic N) is 2. The van der Waals surface area contributed by atoms with Crippen molar-refractivity contribution in [2.24, 2.45) is 4.99 Å². The number of esters is 1. The summed E-state index contributed by atoms with van der Waals surface area (Å²) < 4.78 is 32.0. The summed E-state index contributed by atoms with van der Waals surface area (Å²) >= 11 is 9.49. The molecule has 252 valence electrons. The molecule has 1 aliphatic rings. The van der Waals surface area contributed by atoms with Gasteiger partial charge in [0.15, 0.2) is 27.8 Å². The van der Waals surface area contributed by atoms with Crippen LogP contribution in [0.25, 0.3) is 6.08 Å². The highest BCUT2D eigenvalue weighted by molar-refractivity contribution is 14.1. The molecule has 0 unspecified atom stereocenters. The molecule has 4 aromatic rings. The van der Waals surface area contributed by atoms with Crippen molar-refractivity contribution in [2.45, 2.75) is 53.4 Å². The molecule has 1 atom stereocenters. The van der Waals surface area contributed by atoms with Crippen LogP contribution in [0, 0.1) is 3.57 Å². The minimum atomic E-state index is -0.799. The standard InChI is InChI=1S/C36H36ClIN2O7S/c1-7-44-29-16-23(15-26(38)33(29)46-19-22-9-12-25(37)13-10-22)17-30-34(41)40-32(24-11-14-27(47-20(3)4)28(18-24)43-6)31(35(42)45-8-2)21(5)39-36(40)48-30/h9-18,20,32H,7-8,19H2,1-6H3/b30-17+/t32-/m0/s1. The van der Waals surface area contributed by atoms with Crippen LogP contribution in [0.1, 0.15) is 57.4 Å². The molecule has 0 fully saturated rings. The number of halogens is 2. The fourth-order valence-electron chi connectivity index (χ4n) is 5.27. The lowest BCUT2D eigenvalue weighted by Gasteiger charge is -2.25. The smallest absolute Gasteiger partial charge is 0.338 e. The van der Waals surface area contributed by atoms with E-state index in [0.717, 1.165) is 14.7 Å². The number of allylic oxidation sites excluding steroid dienone is 1. The van der Waals surface area contributed by atoms with E-state index < -0.39 is 12.0 Å². The summed E-state index contributed by atoms with van der Waals surface area (Å²) in [5, 5.41) is 0.658. The zero-order valence-electron chi connectivity index (χ0n) is 27.5. The van der Waals surface area contributed by atoms with Gasteiger partial charge in [-0.1, -0.05) is 41.1 Å². The van der Waals surface area contributed by atoms with Crippen LogP contribution in [0.2, 0.25) is 5.02 Å². The molecule has 5 rings (SSSR count). The Hall–Kier alpha value is -3.81. The SMILES string of the molecule is CCOC(=O)C1=C(C)N=c2s/c(=C/c3cc(I)c(OCc4ccc(Cl)cc4)c(OCC)c3)c(=O)n2[C@H]1c1ccc(OC(C)C)c(OC)c1. The second-order valence-corrected chi connectivity index (χ2v) is 13.7. The second-order valence-electron chi connectivity index (χ2n) is 11.1. The predicted molar refractivity (Wildman–Crippen MR) is 195 cm³/mol. The Bertz CT molecular complexity index is 2040. The van der Waals surface area contributed by atoms with Crippen LogP contribution < -0.4 is 33.8 Å². The quantitative estimate of drug-likeness (QED) is 0.115. The number of methoxy groups -OCH3 is 1. The summed E-state index contributed by atoms with van der Waals surface area (Å²) in [5.74, 6) is 1.68. The van der Waals surface area contributed by atoms with Crippen molar-refractivity contribution in [1.82, 2.24) is 4.57 Å². The zero-order valence-corrected chi connectivity index (χ0v) is 31.2. The van der Waals surface area contributed by atoms with E-state index in [-0.39, 0.29) is 23.8 Å². The minimum absolute atomic E-state index is 0.0740. The molecule has 1 aliphatic heterocycles. The van der Waals surface area contributed by atoms with Crippen molar-refractivity contribution in [3.05, 3.63) is 111 Å². The maximum Gasteiger partial charge on any atom is 0.338 e. The third-order valence-corrected chi connectivity index (χ3v) is 9.35. The third kappa shape index (κ3) is 7.74. The number of benzene rings is 3. The molecule has 48 heavy (non-hydrogen) atoms. The summed E-state index contributed by atoms with van der Waals surface area (Å²) in [4.78, 5) is 32.7. The van der Waals surface area contributed by atoms with Gasteiger partial charge < -0.3 is 23.7 Å². The lowest BCUT2D eigenvalue weighted by molar-refractivity contribution is -0.139. The van der Waals surface area contributed by atoms with Gasteiger partial charge in [-0.25, -0.2) is 9.79 Å². The summed E-state index contributed by atoms with van der Waals surface area (Å²) in [7, 11) is 1.55. The van der Waals surface area contributed by atoms with Crippen molar-refractivity contribution < 1.29 is 28.5 Å². The highest BCUT2D eigenvalue weighted by Gasteiger charge is 2.34. The summed E-state index contributed by atoms with van der Waals surface area (Å²) in [6.07, 6.45) is 1.73. The van der Waals surface area contributed by atoms with E-state index in [9.17, 15) is 9.59 Å². The normalized spacial score (nSPS) is 14.4. The Morgan fingerprint density at radius 1 is 1.04 bits per heavy atom. The molecule has 2 heterocycles. The predicted octanol–water partition coefficient (Wildman–Crippen LogP) is 6.83. The van der Waals surface area contributed by atoms with Crippen molar-refractivity contribution in [3.63, 3.8) is 0 Å². The fourth-order valence-corrected chi connectivity index (χ4v) is 7.23. The van der Waals surface area contributed by atoms with E-state index in [1.54, 1.807) is 43.7 Å². The Kier molecular flexibility index (Phi) is 11.5. The van der Waals surface area contributed by atoms with Crippen LogP contribution in [0.15, 0.2) is 75.7 Å². The van der Waals surface area contributed by atoms with Gasteiger partial charge in [0.05, 0.1) is 51.8 Å². The lowest BCUT2D eigenvalue weighted by atomic mass is 9.95. The zero-order chi connectivity index (χ0) is 34.5. The van der Waals surface area contributed by atoms with E-state index in [1.807, 2.05) is 63.2 Å². The molecule has 3 aromatic carbocycles. The Labute approximate surface area is 301 Å². The lowest BCUT2D eigenvalue weighted by Crippen LogP contribution is -2.40. The molecule has 0 radical (unpaired) electrons. The molecule has 9 nitrogen and oxygen atoms in total. The number of hydrogen-bond acceptors (Lipinski definition) is 9. The van der Waals surface area contributed by atoms with Crippen molar-refractivity contribution in [1.29, 1.82) is 0 Å². The third-order valence-electron chi connectivity index (χ3n) is 7.31.